The summed E-state index contributed by atoms with van der Waals surface area (Å²) >= 11 is 1.02. The van der Waals surface area contributed by atoms with Crippen molar-refractivity contribution >= 4 is 23.8 Å². The lowest BCUT2D eigenvalue weighted by Crippen LogP contribution is -1.97. The maximum absolute atomic E-state index is 11.5. The number of H-pyrrole nitrogens is 1. The average molecular weight is 333 g/mol. The van der Waals surface area contributed by atoms with Crippen molar-refractivity contribution < 1.29 is 14.6 Å². The van der Waals surface area contributed by atoms with Gasteiger partial charge in [0.25, 0.3) is 0 Å². The Balaban J connectivity index is 2.25. The monoisotopic (exact) mass is 333 g/mol. The van der Waals surface area contributed by atoms with Crippen LogP contribution in [0.15, 0.2) is 28.3 Å². The predicted octanol–water partition coefficient (Wildman–Crippen LogP) is 3.29. The van der Waals surface area contributed by atoms with Gasteiger partial charge in [-0.05, 0) is 48.4 Å². The fourth-order valence-corrected chi connectivity index (χ4v) is 2.71. The average Bonchev–Trinajstić information content (AvgIpc) is 2.96. The fourth-order valence-electron chi connectivity index (χ4n) is 1.98. The van der Waals surface area contributed by atoms with Crippen molar-refractivity contribution in [2.45, 2.75) is 31.8 Å². The number of carboxylic acids is 1. The Bertz CT molecular complexity index is 725. The molecular formula is C16H19N3O3S. The Labute approximate surface area is 139 Å². The molecule has 0 atom stereocenters. The highest BCUT2D eigenvalue weighted by Crippen LogP contribution is 2.27. The molecule has 122 valence electrons. The Hall–Kier alpha value is -2.28. The Morgan fingerprint density at radius 1 is 1.48 bits per heavy atom. The number of rotatable bonds is 7. The van der Waals surface area contributed by atoms with Crippen molar-refractivity contribution in [2.75, 3.05) is 7.11 Å². The number of thioether (sulfide) groups is 1. The van der Waals surface area contributed by atoms with Gasteiger partial charge in [0.2, 0.25) is 5.16 Å². The van der Waals surface area contributed by atoms with Crippen LogP contribution in [-0.2, 0) is 11.2 Å². The molecule has 0 amide bonds. The minimum absolute atomic E-state index is 0.151. The van der Waals surface area contributed by atoms with Gasteiger partial charge in [0, 0.05) is 6.42 Å². The van der Waals surface area contributed by atoms with Crippen LogP contribution in [0, 0.1) is 6.92 Å². The van der Waals surface area contributed by atoms with E-state index in [-0.39, 0.29) is 4.91 Å². The molecule has 1 heterocycles. The molecule has 0 bridgehead atoms. The molecule has 0 saturated heterocycles. The second-order valence-electron chi connectivity index (χ2n) is 4.96. The molecule has 1 aromatic heterocycles. The molecule has 1 aromatic carbocycles. The van der Waals surface area contributed by atoms with Crippen LogP contribution in [0.25, 0.3) is 6.08 Å². The minimum Gasteiger partial charge on any atom is -0.496 e. The van der Waals surface area contributed by atoms with Crippen LogP contribution in [0.1, 0.15) is 30.3 Å². The summed E-state index contributed by atoms with van der Waals surface area (Å²) < 4.78 is 5.26. The SMILES string of the molecule is CCCc1nc(S/C(=C\c2ccc(C)c(OC)c2)C(=O)O)n[nH]1. The summed E-state index contributed by atoms with van der Waals surface area (Å²) in [7, 11) is 1.59. The smallest absolute Gasteiger partial charge is 0.342 e. The Morgan fingerprint density at radius 3 is 2.91 bits per heavy atom. The lowest BCUT2D eigenvalue weighted by Gasteiger charge is -2.06. The molecule has 0 aliphatic carbocycles. The topological polar surface area (TPSA) is 88.1 Å². The first-order valence-corrected chi connectivity index (χ1v) is 8.04. The Kier molecular flexibility index (Phi) is 5.81. The third-order valence-corrected chi connectivity index (χ3v) is 4.02. The summed E-state index contributed by atoms with van der Waals surface area (Å²) in [5.41, 5.74) is 1.74. The number of carbonyl (C=O) groups is 1. The summed E-state index contributed by atoms with van der Waals surface area (Å²) in [4.78, 5) is 15.9. The fraction of sp³-hybridized carbons (Fsp3) is 0.312. The first-order valence-electron chi connectivity index (χ1n) is 7.22. The van der Waals surface area contributed by atoms with Gasteiger partial charge in [-0.3, -0.25) is 5.10 Å². The third-order valence-electron chi connectivity index (χ3n) is 3.14. The molecule has 0 aliphatic heterocycles. The number of nitrogens with one attached hydrogen (secondary N) is 1. The molecule has 0 fully saturated rings. The number of carboxylic acid groups (broad SMARTS) is 1. The number of ether oxygens (including phenoxy) is 1. The normalized spacial score (nSPS) is 11.5. The molecule has 7 heteroatoms. The summed E-state index contributed by atoms with van der Waals surface area (Å²) in [6.45, 7) is 3.98. The quantitative estimate of drug-likeness (QED) is 0.597. The van der Waals surface area contributed by atoms with E-state index < -0.39 is 5.97 Å². The molecule has 0 aliphatic rings. The van der Waals surface area contributed by atoms with Gasteiger partial charge in [0.15, 0.2) is 0 Å². The van der Waals surface area contributed by atoms with Crippen LogP contribution < -0.4 is 4.74 Å². The van der Waals surface area contributed by atoms with Crippen LogP contribution in [0.5, 0.6) is 5.75 Å². The number of aryl methyl sites for hydroxylation is 2. The van der Waals surface area contributed by atoms with Gasteiger partial charge in [-0.2, -0.15) is 0 Å². The zero-order chi connectivity index (χ0) is 16.8. The second-order valence-corrected chi connectivity index (χ2v) is 5.97. The van der Waals surface area contributed by atoms with E-state index in [0.29, 0.717) is 5.16 Å². The van der Waals surface area contributed by atoms with Crippen molar-refractivity contribution in [2.24, 2.45) is 0 Å². The first kappa shape index (κ1) is 17.1. The van der Waals surface area contributed by atoms with Crippen LogP contribution in [0.3, 0.4) is 0 Å². The van der Waals surface area contributed by atoms with E-state index in [4.69, 9.17) is 4.74 Å². The number of aromatic amines is 1. The molecule has 0 unspecified atom stereocenters. The maximum atomic E-state index is 11.5. The van der Waals surface area contributed by atoms with Gasteiger partial charge in [-0.1, -0.05) is 19.1 Å². The molecule has 6 nitrogen and oxygen atoms in total. The number of nitrogens with zero attached hydrogens (tertiary/aromatic N) is 2. The summed E-state index contributed by atoms with van der Waals surface area (Å²) in [5, 5.41) is 16.7. The molecule has 2 aromatic rings. The van der Waals surface area contributed by atoms with Gasteiger partial charge in [-0.15, -0.1) is 5.10 Å². The van der Waals surface area contributed by atoms with Crippen molar-refractivity contribution in [1.82, 2.24) is 15.2 Å². The van der Waals surface area contributed by atoms with E-state index in [9.17, 15) is 9.90 Å². The van der Waals surface area contributed by atoms with E-state index >= 15 is 0 Å². The zero-order valence-corrected chi connectivity index (χ0v) is 14.1. The standard InChI is InChI=1S/C16H19N3O3S/c1-4-5-14-17-16(19-18-14)23-13(15(20)21)9-11-7-6-10(2)12(8-11)22-3/h6-9H,4-5H2,1-3H3,(H,20,21)(H,17,18,19)/b13-9-. The number of aliphatic carboxylic acids is 1. The Morgan fingerprint density at radius 2 is 2.26 bits per heavy atom. The maximum Gasteiger partial charge on any atom is 0.342 e. The van der Waals surface area contributed by atoms with Crippen molar-refractivity contribution in [3.63, 3.8) is 0 Å². The molecule has 0 spiro atoms. The van der Waals surface area contributed by atoms with Crippen LogP contribution in [0.4, 0.5) is 0 Å². The highest BCUT2D eigenvalue weighted by atomic mass is 32.2. The zero-order valence-electron chi connectivity index (χ0n) is 13.3. The van der Waals surface area contributed by atoms with Crippen molar-refractivity contribution in [3.8, 4) is 5.75 Å². The van der Waals surface area contributed by atoms with Gasteiger partial charge in [0.05, 0.1) is 7.11 Å². The van der Waals surface area contributed by atoms with Gasteiger partial charge in [-0.25, -0.2) is 9.78 Å². The van der Waals surface area contributed by atoms with E-state index in [1.54, 1.807) is 19.3 Å². The lowest BCUT2D eigenvalue weighted by atomic mass is 10.1. The number of methoxy groups -OCH3 is 1. The van der Waals surface area contributed by atoms with Crippen LogP contribution in [-0.4, -0.2) is 33.4 Å². The van der Waals surface area contributed by atoms with Gasteiger partial charge < -0.3 is 9.84 Å². The highest BCUT2D eigenvalue weighted by Gasteiger charge is 2.14. The molecule has 0 saturated carbocycles. The third kappa shape index (κ3) is 4.59. The summed E-state index contributed by atoms with van der Waals surface area (Å²) in [6.07, 6.45) is 3.32. The second kappa shape index (κ2) is 7.82. The summed E-state index contributed by atoms with van der Waals surface area (Å²) in [6, 6.07) is 5.54. The van der Waals surface area contributed by atoms with Gasteiger partial charge in [0.1, 0.15) is 16.5 Å². The first-order chi connectivity index (χ1) is 11.0. The molecule has 2 N–H and O–H groups in total. The summed E-state index contributed by atoms with van der Waals surface area (Å²) in [5.74, 6) is 0.463. The van der Waals surface area contributed by atoms with E-state index in [0.717, 1.165) is 47.3 Å². The van der Waals surface area contributed by atoms with Crippen molar-refractivity contribution in [3.05, 3.63) is 40.1 Å². The minimum atomic E-state index is -1.02. The predicted molar refractivity (Wildman–Crippen MR) is 89.6 cm³/mol. The van der Waals surface area contributed by atoms with E-state index in [1.807, 2.05) is 26.0 Å². The largest absolute Gasteiger partial charge is 0.496 e. The number of benzene rings is 1. The number of aromatic nitrogens is 3. The molecular weight excluding hydrogens is 314 g/mol. The molecule has 0 radical (unpaired) electrons. The molecule has 2 rings (SSSR count). The van der Waals surface area contributed by atoms with Crippen LogP contribution in [0.2, 0.25) is 0 Å². The number of hydrogen-bond donors (Lipinski definition) is 2. The lowest BCUT2D eigenvalue weighted by molar-refractivity contribution is -0.131. The van der Waals surface area contributed by atoms with Crippen molar-refractivity contribution in [1.29, 1.82) is 0 Å². The number of hydrogen-bond acceptors (Lipinski definition) is 5. The highest BCUT2D eigenvalue weighted by molar-refractivity contribution is 8.04. The van der Waals surface area contributed by atoms with E-state index in [1.165, 1.54) is 0 Å². The van der Waals surface area contributed by atoms with Gasteiger partial charge >= 0.3 is 5.97 Å². The molecule has 23 heavy (non-hydrogen) atoms. The van der Waals surface area contributed by atoms with E-state index in [2.05, 4.69) is 15.2 Å². The van der Waals surface area contributed by atoms with Crippen LogP contribution >= 0.6 is 11.8 Å².